The highest BCUT2D eigenvalue weighted by Gasteiger charge is 2.09. The molecule has 106 valence electrons. The van der Waals surface area contributed by atoms with Crippen molar-refractivity contribution in [1.82, 2.24) is 4.98 Å². The van der Waals surface area contributed by atoms with Gasteiger partial charge >= 0.3 is 0 Å². The maximum absolute atomic E-state index is 13.6. The number of rotatable bonds is 5. The Bertz CT molecular complexity index is 608. The maximum atomic E-state index is 13.6. The normalized spacial score (nSPS) is 10.6. The summed E-state index contributed by atoms with van der Waals surface area (Å²) in [4.78, 5) is 4.52. The average Bonchev–Trinajstić information content (AvgIpc) is 2.42. The number of halogens is 2. The van der Waals surface area contributed by atoms with E-state index in [1.165, 1.54) is 12.1 Å². The molecule has 0 spiro atoms. The van der Waals surface area contributed by atoms with Gasteiger partial charge in [0, 0.05) is 11.0 Å². The smallest absolute Gasteiger partial charge is 0.238 e. The number of aromatic nitrogens is 1. The van der Waals surface area contributed by atoms with Crippen molar-refractivity contribution in [2.24, 2.45) is 0 Å². The molecule has 0 unspecified atom stereocenters. The third-order valence-corrected chi connectivity index (χ3v) is 3.40. The lowest BCUT2D eigenvalue weighted by molar-refractivity contribution is 0.305. The Labute approximate surface area is 120 Å². The first-order valence-corrected chi connectivity index (χ1v) is 6.94. The highest BCUT2D eigenvalue weighted by atomic mass is 32.2. The van der Waals surface area contributed by atoms with E-state index in [1.807, 2.05) is 6.92 Å². The average molecular weight is 296 g/mol. The van der Waals surface area contributed by atoms with E-state index in [2.05, 4.69) is 4.98 Å². The Morgan fingerprint density at radius 1 is 1.25 bits per heavy atom. The van der Waals surface area contributed by atoms with E-state index in [1.54, 1.807) is 12.1 Å². The fourth-order valence-electron chi connectivity index (χ4n) is 1.48. The fourth-order valence-corrected chi connectivity index (χ4v) is 2.26. The molecule has 1 aromatic heterocycles. The van der Waals surface area contributed by atoms with E-state index in [-0.39, 0.29) is 0 Å². The third-order valence-electron chi connectivity index (χ3n) is 2.42. The van der Waals surface area contributed by atoms with Crippen LogP contribution in [0.3, 0.4) is 0 Å². The third kappa shape index (κ3) is 3.60. The van der Waals surface area contributed by atoms with Gasteiger partial charge in [-0.2, -0.15) is 0 Å². The Balaban J connectivity index is 2.20. The SMILES string of the molecule is CCCOc1nc(Sc2ccc(F)cc2F)ccc1N. The van der Waals surface area contributed by atoms with E-state index in [9.17, 15) is 8.78 Å². The van der Waals surface area contributed by atoms with Crippen molar-refractivity contribution in [3.8, 4) is 5.88 Å². The van der Waals surface area contributed by atoms with Crippen molar-refractivity contribution in [3.05, 3.63) is 42.0 Å². The number of nitrogens with two attached hydrogens (primary N) is 1. The van der Waals surface area contributed by atoms with Gasteiger partial charge in [-0.1, -0.05) is 18.7 Å². The minimum absolute atomic E-state index is 0.296. The second-order valence-corrected chi connectivity index (χ2v) is 5.13. The van der Waals surface area contributed by atoms with Crippen LogP contribution in [-0.2, 0) is 0 Å². The molecule has 0 fully saturated rings. The number of ether oxygens (including phenoxy) is 1. The Kier molecular flexibility index (Phi) is 4.79. The minimum atomic E-state index is -0.621. The predicted molar refractivity (Wildman–Crippen MR) is 74.9 cm³/mol. The van der Waals surface area contributed by atoms with Gasteiger partial charge in [0.05, 0.1) is 12.3 Å². The molecule has 20 heavy (non-hydrogen) atoms. The highest BCUT2D eigenvalue weighted by molar-refractivity contribution is 7.99. The van der Waals surface area contributed by atoms with Crippen LogP contribution in [0.2, 0.25) is 0 Å². The van der Waals surface area contributed by atoms with Crippen LogP contribution >= 0.6 is 11.8 Å². The molecule has 0 saturated heterocycles. The molecule has 1 aromatic carbocycles. The van der Waals surface area contributed by atoms with Crippen LogP contribution in [0.15, 0.2) is 40.3 Å². The van der Waals surface area contributed by atoms with E-state index in [0.717, 1.165) is 24.2 Å². The summed E-state index contributed by atoms with van der Waals surface area (Å²) in [7, 11) is 0. The predicted octanol–water partition coefficient (Wildman–Crippen LogP) is 3.88. The number of nitrogen functional groups attached to an aromatic ring is 1. The summed E-state index contributed by atoms with van der Waals surface area (Å²) in [5.74, 6) is -0.895. The molecule has 0 saturated carbocycles. The van der Waals surface area contributed by atoms with E-state index in [0.29, 0.717) is 28.1 Å². The van der Waals surface area contributed by atoms with Gasteiger partial charge in [0.25, 0.3) is 0 Å². The second-order valence-electron chi connectivity index (χ2n) is 4.07. The number of hydrogen-bond acceptors (Lipinski definition) is 4. The molecule has 2 rings (SSSR count). The van der Waals surface area contributed by atoms with Crippen LogP contribution in [0.5, 0.6) is 5.88 Å². The maximum Gasteiger partial charge on any atom is 0.238 e. The summed E-state index contributed by atoms with van der Waals surface area (Å²) < 4.78 is 31.8. The van der Waals surface area contributed by atoms with Gasteiger partial charge in [0.15, 0.2) is 0 Å². The molecule has 0 bridgehead atoms. The van der Waals surface area contributed by atoms with Crippen LogP contribution in [0.1, 0.15) is 13.3 Å². The zero-order valence-electron chi connectivity index (χ0n) is 10.9. The summed E-state index contributed by atoms with van der Waals surface area (Å²) >= 11 is 1.09. The van der Waals surface area contributed by atoms with Gasteiger partial charge < -0.3 is 10.5 Å². The number of pyridine rings is 1. The van der Waals surface area contributed by atoms with Crippen LogP contribution in [0, 0.1) is 11.6 Å². The lowest BCUT2D eigenvalue weighted by Crippen LogP contribution is -2.01. The molecule has 0 amide bonds. The molecule has 0 atom stereocenters. The van der Waals surface area contributed by atoms with Crippen molar-refractivity contribution >= 4 is 17.4 Å². The minimum Gasteiger partial charge on any atom is -0.476 e. The first-order chi connectivity index (χ1) is 9.60. The zero-order chi connectivity index (χ0) is 14.5. The summed E-state index contributed by atoms with van der Waals surface area (Å²) in [5, 5.41) is 0.538. The van der Waals surface area contributed by atoms with E-state index >= 15 is 0 Å². The first kappa shape index (κ1) is 14.6. The molecule has 2 N–H and O–H groups in total. The number of hydrogen-bond donors (Lipinski definition) is 1. The lowest BCUT2D eigenvalue weighted by Gasteiger charge is -2.09. The molecular weight excluding hydrogens is 282 g/mol. The monoisotopic (exact) mass is 296 g/mol. The van der Waals surface area contributed by atoms with Gasteiger partial charge in [-0.25, -0.2) is 13.8 Å². The second kappa shape index (κ2) is 6.56. The largest absolute Gasteiger partial charge is 0.476 e. The fraction of sp³-hybridized carbons (Fsp3) is 0.214. The van der Waals surface area contributed by atoms with Gasteiger partial charge in [0.2, 0.25) is 5.88 Å². The Morgan fingerprint density at radius 3 is 2.75 bits per heavy atom. The van der Waals surface area contributed by atoms with Gasteiger partial charge in [0.1, 0.15) is 16.7 Å². The van der Waals surface area contributed by atoms with Crippen LogP contribution in [0.25, 0.3) is 0 Å². The van der Waals surface area contributed by atoms with Gasteiger partial charge in [-0.3, -0.25) is 0 Å². The summed E-state index contributed by atoms with van der Waals surface area (Å²) in [6, 6.07) is 6.74. The summed E-state index contributed by atoms with van der Waals surface area (Å²) in [6.45, 7) is 2.49. The standard InChI is InChI=1S/C14H14F2N2OS/c1-2-7-19-14-11(17)4-6-13(18-14)20-12-5-3-9(15)8-10(12)16/h3-6,8H,2,7,17H2,1H3. The Hall–Kier alpha value is -1.82. The number of nitrogens with zero attached hydrogens (tertiary/aromatic N) is 1. The van der Waals surface area contributed by atoms with Crippen molar-refractivity contribution in [1.29, 1.82) is 0 Å². The van der Waals surface area contributed by atoms with E-state index < -0.39 is 11.6 Å². The van der Waals surface area contributed by atoms with Crippen LogP contribution in [-0.4, -0.2) is 11.6 Å². The molecule has 1 heterocycles. The van der Waals surface area contributed by atoms with Gasteiger partial charge in [-0.15, -0.1) is 0 Å². The van der Waals surface area contributed by atoms with Crippen molar-refractivity contribution in [2.75, 3.05) is 12.3 Å². The first-order valence-electron chi connectivity index (χ1n) is 6.12. The number of anilines is 1. The molecule has 0 aliphatic rings. The van der Waals surface area contributed by atoms with Gasteiger partial charge in [-0.05, 0) is 30.7 Å². The summed E-state index contributed by atoms with van der Waals surface area (Å²) in [6.07, 6.45) is 0.838. The van der Waals surface area contributed by atoms with Crippen molar-refractivity contribution in [3.63, 3.8) is 0 Å². The Morgan fingerprint density at radius 2 is 2.05 bits per heavy atom. The molecular formula is C14H14F2N2OS. The number of benzene rings is 1. The molecule has 0 aliphatic carbocycles. The zero-order valence-corrected chi connectivity index (χ0v) is 11.7. The molecule has 3 nitrogen and oxygen atoms in total. The van der Waals surface area contributed by atoms with Crippen LogP contribution in [0.4, 0.5) is 14.5 Å². The quantitative estimate of drug-likeness (QED) is 0.909. The topological polar surface area (TPSA) is 48.1 Å². The molecule has 2 aromatic rings. The highest BCUT2D eigenvalue weighted by Crippen LogP contribution is 2.31. The van der Waals surface area contributed by atoms with Crippen LogP contribution < -0.4 is 10.5 Å². The molecule has 0 radical (unpaired) electrons. The van der Waals surface area contributed by atoms with Crippen molar-refractivity contribution in [2.45, 2.75) is 23.3 Å². The van der Waals surface area contributed by atoms with E-state index in [4.69, 9.17) is 10.5 Å². The summed E-state index contributed by atoms with van der Waals surface area (Å²) in [5.41, 5.74) is 6.19. The molecule has 0 aliphatic heterocycles. The van der Waals surface area contributed by atoms with Crippen molar-refractivity contribution < 1.29 is 13.5 Å². The molecule has 6 heteroatoms. The lowest BCUT2D eigenvalue weighted by atomic mass is 10.3.